The second-order valence-corrected chi connectivity index (χ2v) is 10.1. The number of halogens is 1. The van der Waals surface area contributed by atoms with Crippen LogP contribution in [0.5, 0.6) is 0 Å². The zero-order valence-corrected chi connectivity index (χ0v) is 21.9. The van der Waals surface area contributed by atoms with Gasteiger partial charge >= 0.3 is 0 Å². The summed E-state index contributed by atoms with van der Waals surface area (Å²) in [7, 11) is 0. The molecule has 3 aliphatic heterocycles. The molecule has 40 heavy (non-hydrogen) atoms. The van der Waals surface area contributed by atoms with Gasteiger partial charge in [0.15, 0.2) is 41.9 Å². The molecule has 3 aliphatic rings. The first-order valence-electron chi connectivity index (χ1n) is 13.6. The topological polar surface area (TPSA) is 139 Å². The number of carbonyl (C=O) groups excluding carboxylic acids is 1. The number of anilines is 1. The monoisotopic (exact) mass is 557 g/mol. The number of nitrogens with zero attached hydrogens (tertiary/aromatic N) is 4. The minimum Gasteiger partial charge on any atom is -0.356 e. The molecule has 0 aliphatic carbocycles. The van der Waals surface area contributed by atoms with Crippen molar-refractivity contribution in [1.29, 1.82) is 0 Å². The van der Waals surface area contributed by atoms with Crippen LogP contribution < -0.4 is 5.32 Å². The summed E-state index contributed by atoms with van der Waals surface area (Å²) in [6.45, 7) is 1.01. The summed E-state index contributed by atoms with van der Waals surface area (Å²) in [5.41, 5.74) is 0.791. The average molecular weight is 558 g/mol. The number of hydrogen-bond donors (Lipinski definition) is 2. The Morgan fingerprint density at radius 1 is 1.07 bits per heavy atom. The Morgan fingerprint density at radius 3 is 2.55 bits per heavy atom. The summed E-state index contributed by atoms with van der Waals surface area (Å²) in [5.74, 6) is -3.25. The van der Waals surface area contributed by atoms with Crippen LogP contribution in [0.15, 0.2) is 43.0 Å². The molecular weight excluding hydrogens is 525 g/mol. The molecule has 12 nitrogen and oxygen atoms in total. The molecule has 0 radical (unpaired) electrons. The molecule has 6 rings (SSSR count). The molecule has 0 bridgehead atoms. The molecule has 0 spiro atoms. The number of rotatable bonds is 8. The average Bonchev–Trinajstić information content (AvgIpc) is 3.52. The van der Waals surface area contributed by atoms with Crippen molar-refractivity contribution in [1.82, 2.24) is 19.5 Å². The lowest BCUT2D eigenvalue weighted by atomic mass is 10.1. The number of amides is 1. The van der Waals surface area contributed by atoms with Crippen molar-refractivity contribution in [2.24, 2.45) is 0 Å². The number of carbonyl (C=O) groups is 1. The molecule has 2 unspecified atom stereocenters. The highest BCUT2D eigenvalue weighted by Crippen LogP contribution is 2.44. The number of aliphatic hydroxyl groups is 1. The van der Waals surface area contributed by atoms with Crippen molar-refractivity contribution < 1.29 is 38.0 Å². The van der Waals surface area contributed by atoms with E-state index in [0.29, 0.717) is 31.6 Å². The number of hydrogen-bond acceptors (Lipinski definition) is 10. The van der Waals surface area contributed by atoms with Crippen LogP contribution in [0.2, 0.25) is 0 Å². The molecule has 2 aromatic heterocycles. The van der Waals surface area contributed by atoms with E-state index in [1.165, 1.54) is 17.2 Å². The van der Waals surface area contributed by atoms with Crippen molar-refractivity contribution in [2.75, 3.05) is 25.1 Å². The van der Waals surface area contributed by atoms with E-state index < -0.39 is 42.8 Å². The summed E-state index contributed by atoms with van der Waals surface area (Å²) in [5, 5.41) is 13.9. The Hall–Kier alpha value is -3.07. The first-order valence-corrected chi connectivity index (χ1v) is 13.6. The van der Waals surface area contributed by atoms with Gasteiger partial charge in [-0.1, -0.05) is 18.2 Å². The van der Waals surface area contributed by atoms with Crippen LogP contribution in [0.3, 0.4) is 0 Å². The maximum absolute atomic E-state index is 16.3. The van der Waals surface area contributed by atoms with Gasteiger partial charge in [-0.3, -0.25) is 9.36 Å². The van der Waals surface area contributed by atoms with Crippen LogP contribution in [-0.4, -0.2) is 81.0 Å². The maximum Gasteiger partial charge on any atom is 0.281 e. The Labute approximate surface area is 229 Å². The van der Waals surface area contributed by atoms with Gasteiger partial charge in [0.1, 0.15) is 12.4 Å². The standard InChI is InChI=1S/C27H32FN5O7/c28-27(35)22(40-20-11-5-7-13-37-20)18(14-38-19-10-4-6-12-36-19)39-26(27)33-16-31-21-23(29-15-30-24(21)33)32-25(34)17-8-2-1-3-9-17/h1-3,8-9,15-16,18-20,22,26,35H,4-7,10-14H2,(H,29,30,32,34)/t18-,19?,20?,22-,26-,27+/m1/s1. The van der Waals surface area contributed by atoms with Crippen molar-refractivity contribution in [3.63, 3.8) is 0 Å². The Morgan fingerprint density at radius 2 is 1.82 bits per heavy atom. The van der Waals surface area contributed by atoms with Crippen LogP contribution in [0.25, 0.3) is 11.2 Å². The molecule has 3 saturated heterocycles. The van der Waals surface area contributed by atoms with Gasteiger partial charge in [0.2, 0.25) is 0 Å². The van der Waals surface area contributed by atoms with E-state index in [1.54, 1.807) is 30.3 Å². The lowest BCUT2D eigenvalue weighted by molar-refractivity contribution is -0.263. The number of aromatic nitrogens is 4. The number of nitrogens with one attached hydrogen (secondary N) is 1. The van der Waals surface area contributed by atoms with Gasteiger partial charge in [-0.2, -0.15) is 0 Å². The van der Waals surface area contributed by atoms with E-state index in [4.69, 9.17) is 23.7 Å². The molecular formula is C27H32FN5O7. The van der Waals surface area contributed by atoms with E-state index in [-0.39, 0.29) is 23.6 Å². The number of fused-ring (bicyclic) bond motifs is 1. The van der Waals surface area contributed by atoms with Gasteiger partial charge < -0.3 is 34.1 Å². The van der Waals surface area contributed by atoms with Gasteiger partial charge in [-0.05, 0) is 50.7 Å². The zero-order chi connectivity index (χ0) is 27.5. The van der Waals surface area contributed by atoms with E-state index in [1.807, 2.05) is 0 Å². The summed E-state index contributed by atoms with van der Waals surface area (Å²) in [4.78, 5) is 25.4. The Bertz CT molecular complexity index is 1300. The predicted octanol–water partition coefficient (Wildman–Crippen LogP) is 3.09. The van der Waals surface area contributed by atoms with E-state index in [2.05, 4.69) is 20.3 Å². The third-order valence-electron chi connectivity index (χ3n) is 7.29. The molecule has 13 heteroatoms. The van der Waals surface area contributed by atoms with Crippen LogP contribution >= 0.6 is 0 Å². The fourth-order valence-corrected chi connectivity index (χ4v) is 5.22. The second kappa shape index (κ2) is 11.8. The largest absolute Gasteiger partial charge is 0.356 e. The Balaban J connectivity index is 1.26. The second-order valence-electron chi connectivity index (χ2n) is 10.1. The van der Waals surface area contributed by atoms with Gasteiger partial charge in [0, 0.05) is 18.8 Å². The van der Waals surface area contributed by atoms with Crippen LogP contribution in [-0.2, 0) is 23.7 Å². The summed E-state index contributed by atoms with van der Waals surface area (Å²) in [6.07, 6.45) is 2.39. The maximum atomic E-state index is 16.3. The first kappa shape index (κ1) is 27.1. The van der Waals surface area contributed by atoms with Crippen LogP contribution in [0.1, 0.15) is 55.1 Å². The molecule has 3 aromatic rings. The quantitative estimate of drug-likeness (QED) is 0.425. The number of benzene rings is 1. The highest BCUT2D eigenvalue weighted by molar-refractivity contribution is 6.06. The van der Waals surface area contributed by atoms with Crippen LogP contribution in [0.4, 0.5) is 10.2 Å². The van der Waals surface area contributed by atoms with Crippen molar-refractivity contribution in [3.8, 4) is 0 Å². The molecule has 0 saturated carbocycles. The zero-order valence-electron chi connectivity index (χ0n) is 21.9. The molecule has 2 N–H and O–H groups in total. The van der Waals surface area contributed by atoms with Gasteiger partial charge in [0.05, 0.1) is 12.9 Å². The van der Waals surface area contributed by atoms with Crippen molar-refractivity contribution in [2.45, 2.75) is 75.4 Å². The molecule has 1 amide bonds. The summed E-state index contributed by atoms with van der Waals surface area (Å²) < 4.78 is 46.8. The smallest absolute Gasteiger partial charge is 0.281 e. The molecule has 1 aromatic carbocycles. The fraction of sp³-hybridized carbons (Fsp3) is 0.556. The first-order chi connectivity index (χ1) is 19.5. The molecule has 214 valence electrons. The number of alkyl halides is 1. The number of imidazole rings is 1. The molecule has 3 fully saturated rings. The summed E-state index contributed by atoms with van der Waals surface area (Å²) >= 11 is 0. The fourth-order valence-electron chi connectivity index (χ4n) is 5.22. The lowest BCUT2D eigenvalue weighted by Gasteiger charge is -2.32. The van der Waals surface area contributed by atoms with Crippen molar-refractivity contribution >= 4 is 22.9 Å². The summed E-state index contributed by atoms with van der Waals surface area (Å²) in [6, 6.07) is 8.63. The normalized spacial score (nSPS) is 30.9. The highest BCUT2D eigenvalue weighted by Gasteiger charge is 2.60. The minimum absolute atomic E-state index is 0.0647. The lowest BCUT2D eigenvalue weighted by Crippen LogP contribution is -2.48. The van der Waals surface area contributed by atoms with E-state index in [9.17, 15) is 9.90 Å². The highest BCUT2D eigenvalue weighted by atomic mass is 19.2. The number of ether oxygens (including phenoxy) is 5. The van der Waals surface area contributed by atoms with Gasteiger partial charge in [-0.15, -0.1) is 0 Å². The predicted molar refractivity (Wildman–Crippen MR) is 138 cm³/mol. The van der Waals surface area contributed by atoms with E-state index >= 15 is 4.39 Å². The van der Waals surface area contributed by atoms with Gasteiger partial charge in [-0.25, -0.2) is 19.3 Å². The third-order valence-corrected chi connectivity index (χ3v) is 7.29. The van der Waals surface area contributed by atoms with Gasteiger partial charge in [0.25, 0.3) is 11.8 Å². The molecule has 5 heterocycles. The van der Waals surface area contributed by atoms with E-state index in [0.717, 1.165) is 25.7 Å². The SMILES string of the molecule is O=C(Nc1ncnc2c1ncn2[C@@H]1O[C@H](COC2CCCCO2)[C@@H](OC2CCCCO2)[C@@]1(O)F)c1ccccc1. The van der Waals surface area contributed by atoms with Crippen LogP contribution in [0, 0.1) is 0 Å². The van der Waals surface area contributed by atoms with Crippen molar-refractivity contribution in [3.05, 3.63) is 48.5 Å². The minimum atomic E-state index is -2.99. The Kier molecular flexibility index (Phi) is 8.01. The molecule has 6 atom stereocenters. The third kappa shape index (κ3) is 5.57.